The standard InChI is InChI=1S/C44H37N7O6/c1-54-39-16-35-37(46-20-33-14-28-7-3-5-9-30(28)22-50(33)43(35)52)18-41(39)56-24-26-11-27(13-32(12-26)48-49-45)25-57-42-19-38-36(17-40(42)55-2)44(53)51-23-31-10-6-4-8-29(31)15-34(51)21-47-38/h3-13,16-21,33-34H,14-15,22-25H2,1-2H3/t33-,34-/m0/s1. The molecule has 4 heterocycles. The van der Waals surface area contributed by atoms with Crippen LogP contribution in [0.4, 0.5) is 17.1 Å². The van der Waals surface area contributed by atoms with Crippen LogP contribution in [-0.2, 0) is 39.1 Å². The Kier molecular flexibility index (Phi) is 9.27. The number of hydrogen-bond acceptors (Lipinski definition) is 9. The number of aliphatic imine (C=N–C) groups is 2. The summed E-state index contributed by atoms with van der Waals surface area (Å²) < 4.78 is 24.0. The lowest BCUT2D eigenvalue weighted by Gasteiger charge is -2.34. The Morgan fingerprint density at radius 1 is 0.649 bits per heavy atom. The molecule has 0 unspecified atom stereocenters. The Morgan fingerprint density at radius 3 is 1.54 bits per heavy atom. The SMILES string of the molecule is COc1cc2c(cc1OCc1cc(COc3cc4c(cc3OC)C(=O)N3Cc5ccccc5C[C@H]3C=N4)cc(N=[N+]=[N-])c1)N=C[C@@H]1Cc3ccccc3CN1C2=O. The van der Waals surface area contributed by atoms with Gasteiger partial charge in [0, 0.05) is 48.3 Å². The van der Waals surface area contributed by atoms with Gasteiger partial charge in [-0.25, -0.2) is 0 Å². The maximum absolute atomic E-state index is 13.8. The highest BCUT2D eigenvalue weighted by Crippen LogP contribution is 2.41. The predicted molar refractivity (Wildman–Crippen MR) is 214 cm³/mol. The van der Waals surface area contributed by atoms with Crippen LogP contribution >= 0.6 is 0 Å². The largest absolute Gasteiger partial charge is 0.493 e. The Morgan fingerprint density at radius 2 is 1.11 bits per heavy atom. The van der Waals surface area contributed by atoms with Crippen molar-refractivity contribution in [2.45, 2.75) is 51.2 Å². The first kappa shape index (κ1) is 35.6. The van der Waals surface area contributed by atoms with Gasteiger partial charge in [0.05, 0.1) is 48.8 Å². The van der Waals surface area contributed by atoms with E-state index in [9.17, 15) is 15.1 Å². The Labute approximate surface area is 328 Å². The first-order chi connectivity index (χ1) is 27.9. The third-order valence-electron chi connectivity index (χ3n) is 10.9. The second kappa shape index (κ2) is 14.9. The molecule has 0 aliphatic carbocycles. The van der Waals surface area contributed by atoms with E-state index in [1.54, 1.807) is 36.4 Å². The smallest absolute Gasteiger partial charge is 0.257 e. The molecule has 4 aliphatic rings. The maximum atomic E-state index is 13.8. The van der Waals surface area contributed by atoms with Gasteiger partial charge >= 0.3 is 0 Å². The van der Waals surface area contributed by atoms with E-state index in [2.05, 4.69) is 34.3 Å². The van der Waals surface area contributed by atoms with Crippen LogP contribution in [-0.4, -0.2) is 60.3 Å². The van der Waals surface area contributed by atoms with E-state index >= 15 is 0 Å². The molecule has 13 heteroatoms. The zero-order chi connectivity index (χ0) is 39.0. The molecule has 0 aromatic heterocycles. The molecular weight excluding hydrogens is 723 g/mol. The molecule has 0 N–H and O–H groups in total. The molecule has 13 nitrogen and oxygen atoms in total. The molecule has 0 radical (unpaired) electrons. The Hall–Kier alpha value is -7.11. The van der Waals surface area contributed by atoms with Crippen molar-refractivity contribution in [1.82, 2.24) is 9.80 Å². The summed E-state index contributed by atoms with van der Waals surface area (Å²) in [7, 11) is 3.05. The van der Waals surface area contributed by atoms with Gasteiger partial charge in [-0.1, -0.05) is 53.6 Å². The molecule has 4 aliphatic heterocycles. The molecule has 57 heavy (non-hydrogen) atoms. The molecule has 2 atom stereocenters. The van der Waals surface area contributed by atoms with Gasteiger partial charge in [-0.3, -0.25) is 19.6 Å². The summed E-state index contributed by atoms with van der Waals surface area (Å²) in [6, 6.07) is 28.1. The van der Waals surface area contributed by atoms with E-state index in [0.717, 1.165) is 11.1 Å². The molecule has 5 aromatic carbocycles. The Balaban J connectivity index is 0.939. The van der Waals surface area contributed by atoms with Crippen LogP contribution in [0.2, 0.25) is 0 Å². The minimum absolute atomic E-state index is 0.0825. The van der Waals surface area contributed by atoms with Crippen LogP contribution in [0, 0.1) is 0 Å². The lowest BCUT2D eigenvalue weighted by atomic mass is 9.94. The van der Waals surface area contributed by atoms with Gasteiger partial charge in [0.1, 0.15) is 13.2 Å². The predicted octanol–water partition coefficient (Wildman–Crippen LogP) is 8.37. The summed E-state index contributed by atoms with van der Waals surface area (Å²) >= 11 is 0. The second-order valence-corrected chi connectivity index (χ2v) is 14.3. The third kappa shape index (κ3) is 6.78. The summed E-state index contributed by atoms with van der Waals surface area (Å²) in [4.78, 5) is 43.8. The van der Waals surface area contributed by atoms with E-state index in [4.69, 9.17) is 28.9 Å². The van der Waals surface area contributed by atoms with E-state index in [-0.39, 0.29) is 37.1 Å². The van der Waals surface area contributed by atoms with Crippen molar-refractivity contribution in [3.8, 4) is 23.0 Å². The monoisotopic (exact) mass is 759 g/mol. The van der Waals surface area contributed by atoms with E-state index in [0.29, 0.717) is 88.2 Å². The summed E-state index contributed by atoms with van der Waals surface area (Å²) in [5.41, 5.74) is 17.6. The van der Waals surface area contributed by atoms with Crippen LogP contribution in [0.25, 0.3) is 10.4 Å². The molecule has 2 amide bonds. The van der Waals surface area contributed by atoms with Gasteiger partial charge in [-0.05, 0) is 82.1 Å². The molecular formula is C44H37N7O6. The molecule has 0 saturated carbocycles. The average molecular weight is 760 g/mol. The molecule has 284 valence electrons. The van der Waals surface area contributed by atoms with Gasteiger partial charge < -0.3 is 28.7 Å². The van der Waals surface area contributed by atoms with Crippen LogP contribution in [0.3, 0.4) is 0 Å². The second-order valence-electron chi connectivity index (χ2n) is 14.3. The number of benzene rings is 5. The van der Waals surface area contributed by atoms with E-state index < -0.39 is 0 Å². The van der Waals surface area contributed by atoms with E-state index in [1.165, 1.54) is 25.3 Å². The maximum Gasteiger partial charge on any atom is 0.257 e. The molecule has 9 rings (SSSR count). The number of nitrogens with zero attached hydrogens (tertiary/aromatic N) is 7. The number of methoxy groups -OCH3 is 2. The highest BCUT2D eigenvalue weighted by molar-refractivity contribution is 6.04. The molecule has 0 spiro atoms. The number of rotatable bonds is 9. The van der Waals surface area contributed by atoms with Crippen molar-refractivity contribution in [3.05, 3.63) is 146 Å². The summed E-state index contributed by atoms with van der Waals surface area (Å²) in [6.07, 6.45) is 5.04. The van der Waals surface area contributed by atoms with Gasteiger partial charge in [-0.2, -0.15) is 0 Å². The van der Waals surface area contributed by atoms with Crippen LogP contribution in [0.5, 0.6) is 23.0 Å². The number of azide groups is 1. The van der Waals surface area contributed by atoms with Gasteiger partial charge in [0.25, 0.3) is 11.8 Å². The molecule has 5 aromatic rings. The van der Waals surface area contributed by atoms with Crippen molar-refractivity contribution in [2.75, 3.05) is 14.2 Å². The molecule has 0 saturated heterocycles. The van der Waals surface area contributed by atoms with Crippen molar-refractivity contribution in [1.29, 1.82) is 0 Å². The zero-order valence-corrected chi connectivity index (χ0v) is 31.3. The van der Waals surface area contributed by atoms with Crippen molar-refractivity contribution in [3.63, 3.8) is 0 Å². The average Bonchev–Trinajstić information content (AvgIpc) is 3.45. The number of hydrogen-bond donors (Lipinski definition) is 0. The summed E-state index contributed by atoms with van der Waals surface area (Å²) in [5, 5.41) is 3.86. The molecule has 0 fully saturated rings. The normalized spacial score (nSPS) is 17.4. The fraction of sp³-hybridized carbons (Fsp3) is 0.227. The van der Waals surface area contributed by atoms with Crippen LogP contribution in [0.15, 0.2) is 106 Å². The topological polar surface area (TPSA) is 151 Å². The Bertz CT molecular complexity index is 2400. The van der Waals surface area contributed by atoms with Gasteiger partial charge in [0.2, 0.25) is 0 Å². The van der Waals surface area contributed by atoms with Gasteiger partial charge in [0.15, 0.2) is 23.0 Å². The lowest BCUT2D eigenvalue weighted by molar-refractivity contribution is 0.0696. The van der Waals surface area contributed by atoms with Crippen LogP contribution in [0.1, 0.15) is 54.1 Å². The fourth-order valence-electron chi connectivity index (χ4n) is 7.99. The zero-order valence-electron chi connectivity index (χ0n) is 31.3. The number of carbonyl (C=O) groups excluding carboxylic acids is 2. The lowest BCUT2D eigenvalue weighted by Crippen LogP contribution is -2.44. The highest BCUT2D eigenvalue weighted by atomic mass is 16.5. The number of carbonyl (C=O) groups is 2. The highest BCUT2D eigenvalue weighted by Gasteiger charge is 2.35. The summed E-state index contributed by atoms with van der Waals surface area (Å²) in [5.74, 6) is 1.34. The fourth-order valence-corrected chi connectivity index (χ4v) is 7.99. The van der Waals surface area contributed by atoms with Gasteiger partial charge in [-0.15, -0.1) is 0 Å². The number of fused-ring (bicyclic) bond motifs is 6. The minimum Gasteiger partial charge on any atom is -0.493 e. The number of ether oxygens (including phenoxy) is 4. The minimum atomic E-state index is -0.166. The first-order valence-electron chi connectivity index (χ1n) is 18.6. The van der Waals surface area contributed by atoms with Crippen molar-refractivity contribution in [2.24, 2.45) is 15.1 Å². The van der Waals surface area contributed by atoms with Crippen molar-refractivity contribution >= 4 is 41.3 Å². The first-order valence-corrected chi connectivity index (χ1v) is 18.6. The quantitative estimate of drug-likeness (QED) is 0.0837. The number of amides is 2. The van der Waals surface area contributed by atoms with Crippen LogP contribution < -0.4 is 18.9 Å². The molecule has 0 bridgehead atoms. The van der Waals surface area contributed by atoms with Crippen molar-refractivity contribution < 1.29 is 28.5 Å². The third-order valence-corrected chi connectivity index (χ3v) is 10.9. The summed E-state index contributed by atoms with van der Waals surface area (Å²) in [6.45, 7) is 1.17. The van der Waals surface area contributed by atoms with E-state index in [1.807, 2.05) is 52.6 Å².